The molecule has 15 heavy (non-hydrogen) atoms. The van der Waals surface area contributed by atoms with Crippen LogP contribution < -0.4 is 5.32 Å². The van der Waals surface area contributed by atoms with E-state index < -0.39 is 0 Å². The summed E-state index contributed by atoms with van der Waals surface area (Å²) < 4.78 is 5.07. The molecule has 4 heteroatoms. The van der Waals surface area contributed by atoms with Gasteiger partial charge in [0.25, 0.3) is 0 Å². The Morgan fingerprint density at radius 3 is 2.93 bits per heavy atom. The quantitative estimate of drug-likeness (QED) is 0.728. The van der Waals surface area contributed by atoms with Crippen LogP contribution in [0, 0.1) is 6.92 Å². The molecule has 0 fully saturated rings. The second kappa shape index (κ2) is 6.93. The van der Waals surface area contributed by atoms with Crippen LogP contribution in [0.3, 0.4) is 0 Å². The maximum atomic E-state index is 5.07. The number of rotatable bonds is 7. The summed E-state index contributed by atoms with van der Waals surface area (Å²) in [7, 11) is 1.75. The maximum Gasteiger partial charge on any atom is 0.0897 e. The Morgan fingerprint density at radius 1 is 1.60 bits per heavy atom. The molecule has 1 aromatic heterocycles. The standard InChI is InChI=1S/C11H20N2OS/c1-4-12-10(6-5-7-14-3)11-8-13-9(2)15-11/h8,10,12H,4-7H2,1-3H3. The highest BCUT2D eigenvalue weighted by molar-refractivity contribution is 7.11. The smallest absolute Gasteiger partial charge is 0.0897 e. The normalized spacial score (nSPS) is 13.0. The summed E-state index contributed by atoms with van der Waals surface area (Å²) in [6.45, 7) is 6.01. The van der Waals surface area contributed by atoms with E-state index in [9.17, 15) is 0 Å². The van der Waals surface area contributed by atoms with Crippen LogP contribution in [-0.4, -0.2) is 25.2 Å². The molecule has 0 spiro atoms. The Bertz CT molecular complexity index is 275. The van der Waals surface area contributed by atoms with Crippen LogP contribution in [0.1, 0.15) is 35.7 Å². The number of aromatic nitrogens is 1. The molecule has 0 aliphatic heterocycles. The van der Waals surface area contributed by atoms with E-state index in [0.717, 1.165) is 31.0 Å². The summed E-state index contributed by atoms with van der Waals surface area (Å²) >= 11 is 1.78. The van der Waals surface area contributed by atoms with Crippen LogP contribution in [0.5, 0.6) is 0 Å². The van der Waals surface area contributed by atoms with E-state index in [-0.39, 0.29) is 0 Å². The van der Waals surface area contributed by atoms with Gasteiger partial charge in [0.1, 0.15) is 0 Å². The molecular formula is C11H20N2OS. The lowest BCUT2D eigenvalue weighted by Crippen LogP contribution is -2.20. The van der Waals surface area contributed by atoms with Gasteiger partial charge in [-0.15, -0.1) is 11.3 Å². The highest BCUT2D eigenvalue weighted by Crippen LogP contribution is 2.24. The fourth-order valence-corrected chi connectivity index (χ4v) is 2.46. The van der Waals surface area contributed by atoms with Gasteiger partial charge in [0.05, 0.1) is 5.01 Å². The van der Waals surface area contributed by atoms with Gasteiger partial charge in [-0.25, -0.2) is 4.98 Å². The zero-order valence-electron chi connectivity index (χ0n) is 9.75. The lowest BCUT2D eigenvalue weighted by molar-refractivity contribution is 0.189. The zero-order chi connectivity index (χ0) is 11.1. The first kappa shape index (κ1) is 12.6. The first-order valence-corrected chi connectivity index (χ1v) is 6.24. The highest BCUT2D eigenvalue weighted by Gasteiger charge is 2.12. The lowest BCUT2D eigenvalue weighted by atomic mass is 10.1. The fraction of sp³-hybridized carbons (Fsp3) is 0.727. The van der Waals surface area contributed by atoms with Crippen molar-refractivity contribution in [2.45, 2.75) is 32.7 Å². The number of aryl methyl sites for hydroxylation is 1. The Morgan fingerprint density at radius 2 is 2.40 bits per heavy atom. The predicted octanol–water partition coefficient (Wildman–Crippen LogP) is 2.53. The third-order valence-corrected chi connectivity index (χ3v) is 3.30. The third kappa shape index (κ3) is 4.28. The number of nitrogens with zero attached hydrogens (tertiary/aromatic N) is 1. The topological polar surface area (TPSA) is 34.1 Å². The van der Waals surface area contributed by atoms with Crippen molar-refractivity contribution in [1.82, 2.24) is 10.3 Å². The zero-order valence-corrected chi connectivity index (χ0v) is 10.6. The van der Waals surface area contributed by atoms with Crippen molar-refractivity contribution in [3.8, 4) is 0 Å². The van der Waals surface area contributed by atoms with Crippen molar-refractivity contribution in [1.29, 1.82) is 0 Å². The molecule has 0 aliphatic rings. The van der Waals surface area contributed by atoms with Crippen molar-refractivity contribution in [3.63, 3.8) is 0 Å². The van der Waals surface area contributed by atoms with Gasteiger partial charge in [0, 0.05) is 30.8 Å². The summed E-state index contributed by atoms with van der Waals surface area (Å²) in [4.78, 5) is 5.63. The predicted molar refractivity (Wildman–Crippen MR) is 64.4 cm³/mol. The lowest BCUT2D eigenvalue weighted by Gasteiger charge is -2.15. The molecule has 0 bridgehead atoms. The van der Waals surface area contributed by atoms with Crippen LogP contribution in [0.25, 0.3) is 0 Å². The van der Waals surface area contributed by atoms with E-state index in [4.69, 9.17) is 4.74 Å². The summed E-state index contributed by atoms with van der Waals surface area (Å²) in [5, 5.41) is 4.62. The van der Waals surface area contributed by atoms with E-state index in [1.807, 2.05) is 13.1 Å². The molecular weight excluding hydrogens is 208 g/mol. The number of ether oxygens (including phenoxy) is 1. The molecule has 1 heterocycles. The number of hydrogen-bond acceptors (Lipinski definition) is 4. The number of methoxy groups -OCH3 is 1. The second-order valence-corrected chi connectivity index (χ2v) is 4.79. The Hall–Kier alpha value is -0.450. The molecule has 1 N–H and O–H groups in total. The molecule has 0 saturated heterocycles. The molecule has 0 saturated carbocycles. The molecule has 3 nitrogen and oxygen atoms in total. The van der Waals surface area contributed by atoms with Crippen molar-refractivity contribution in [2.24, 2.45) is 0 Å². The first-order valence-electron chi connectivity index (χ1n) is 5.42. The maximum absolute atomic E-state index is 5.07. The largest absolute Gasteiger partial charge is 0.385 e. The van der Waals surface area contributed by atoms with Crippen LogP contribution in [0.2, 0.25) is 0 Å². The van der Waals surface area contributed by atoms with Crippen LogP contribution in [0.15, 0.2) is 6.20 Å². The van der Waals surface area contributed by atoms with Gasteiger partial charge >= 0.3 is 0 Å². The monoisotopic (exact) mass is 228 g/mol. The number of hydrogen-bond donors (Lipinski definition) is 1. The van der Waals surface area contributed by atoms with Gasteiger partial charge in [0.15, 0.2) is 0 Å². The molecule has 1 aromatic rings. The average Bonchev–Trinajstić information content (AvgIpc) is 2.64. The van der Waals surface area contributed by atoms with Crippen molar-refractivity contribution in [2.75, 3.05) is 20.3 Å². The fourth-order valence-electron chi connectivity index (χ4n) is 1.56. The van der Waals surface area contributed by atoms with Gasteiger partial charge in [0.2, 0.25) is 0 Å². The highest BCUT2D eigenvalue weighted by atomic mass is 32.1. The number of nitrogens with one attached hydrogen (secondary N) is 1. The van der Waals surface area contributed by atoms with Crippen molar-refractivity contribution in [3.05, 3.63) is 16.1 Å². The van der Waals surface area contributed by atoms with Gasteiger partial charge in [-0.2, -0.15) is 0 Å². The minimum absolute atomic E-state index is 0.441. The average molecular weight is 228 g/mol. The van der Waals surface area contributed by atoms with Crippen LogP contribution in [-0.2, 0) is 4.74 Å². The molecule has 0 aliphatic carbocycles. The van der Waals surface area contributed by atoms with Gasteiger partial charge < -0.3 is 10.1 Å². The Kier molecular flexibility index (Phi) is 5.83. The van der Waals surface area contributed by atoms with Crippen LogP contribution >= 0.6 is 11.3 Å². The molecule has 1 atom stereocenters. The molecule has 0 amide bonds. The van der Waals surface area contributed by atoms with Crippen LogP contribution in [0.4, 0.5) is 0 Å². The molecule has 0 aromatic carbocycles. The summed E-state index contributed by atoms with van der Waals surface area (Å²) in [5.41, 5.74) is 0. The minimum Gasteiger partial charge on any atom is -0.385 e. The second-order valence-electron chi connectivity index (χ2n) is 3.53. The summed E-state index contributed by atoms with van der Waals surface area (Å²) in [6.07, 6.45) is 4.19. The molecule has 1 unspecified atom stereocenters. The number of thiazole rings is 1. The van der Waals surface area contributed by atoms with Gasteiger partial charge in [-0.3, -0.25) is 0 Å². The van der Waals surface area contributed by atoms with Gasteiger partial charge in [-0.05, 0) is 26.3 Å². The van der Waals surface area contributed by atoms with E-state index >= 15 is 0 Å². The van der Waals surface area contributed by atoms with Crippen molar-refractivity contribution >= 4 is 11.3 Å². The summed E-state index contributed by atoms with van der Waals surface area (Å²) in [5.74, 6) is 0. The van der Waals surface area contributed by atoms with E-state index in [0.29, 0.717) is 6.04 Å². The first-order chi connectivity index (χ1) is 7.27. The third-order valence-electron chi connectivity index (χ3n) is 2.27. The van der Waals surface area contributed by atoms with E-state index in [2.05, 4.69) is 17.2 Å². The van der Waals surface area contributed by atoms with Crippen molar-refractivity contribution < 1.29 is 4.74 Å². The Balaban J connectivity index is 2.49. The Labute approximate surface area is 95.9 Å². The van der Waals surface area contributed by atoms with E-state index in [1.165, 1.54) is 4.88 Å². The van der Waals surface area contributed by atoms with E-state index in [1.54, 1.807) is 18.4 Å². The minimum atomic E-state index is 0.441. The SMILES string of the molecule is CCNC(CCCOC)c1cnc(C)s1. The molecule has 86 valence electrons. The summed E-state index contributed by atoms with van der Waals surface area (Å²) in [6, 6.07) is 0.441. The van der Waals surface area contributed by atoms with Gasteiger partial charge in [-0.1, -0.05) is 6.92 Å². The molecule has 1 rings (SSSR count). The molecule has 0 radical (unpaired) electrons.